The molecule has 1 amide bonds. The average Bonchev–Trinajstić information content (AvgIpc) is 2.99. The molecule has 4 nitrogen and oxygen atoms in total. The van der Waals surface area contributed by atoms with Crippen LogP contribution in [0.15, 0.2) is 48.5 Å². The summed E-state index contributed by atoms with van der Waals surface area (Å²) in [5.41, 5.74) is 2.82. The maximum atomic E-state index is 12.1. The first-order valence-electron chi connectivity index (χ1n) is 7.56. The van der Waals surface area contributed by atoms with Gasteiger partial charge in [0, 0.05) is 10.4 Å². The SMILES string of the molecule is Cc1ccc(NC(=O)COC(=O)c2cc3ccccc3s2)c(C)c1. The molecule has 0 aliphatic heterocycles. The quantitative estimate of drug-likeness (QED) is 0.721. The molecule has 0 saturated heterocycles. The highest BCUT2D eigenvalue weighted by Crippen LogP contribution is 2.25. The highest BCUT2D eigenvalue weighted by atomic mass is 32.1. The molecule has 5 heteroatoms. The molecule has 2 aromatic carbocycles. The Morgan fingerprint density at radius 2 is 1.88 bits per heavy atom. The number of hydrogen-bond donors (Lipinski definition) is 1. The van der Waals surface area contributed by atoms with Crippen molar-refractivity contribution in [1.82, 2.24) is 0 Å². The molecule has 0 aliphatic rings. The predicted octanol–water partition coefficient (Wildman–Crippen LogP) is 4.31. The Balaban J connectivity index is 1.60. The van der Waals surface area contributed by atoms with Crippen LogP contribution >= 0.6 is 11.3 Å². The molecule has 122 valence electrons. The van der Waals surface area contributed by atoms with Crippen LogP contribution in [-0.4, -0.2) is 18.5 Å². The molecule has 0 atom stereocenters. The number of thiophene rings is 1. The van der Waals surface area contributed by atoms with Gasteiger partial charge in [0.25, 0.3) is 5.91 Å². The van der Waals surface area contributed by atoms with Crippen LogP contribution in [0.2, 0.25) is 0 Å². The second-order valence-electron chi connectivity index (χ2n) is 5.59. The van der Waals surface area contributed by atoms with Gasteiger partial charge < -0.3 is 10.1 Å². The number of ether oxygens (including phenoxy) is 1. The monoisotopic (exact) mass is 339 g/mol. The molecule has 0 fully saturated rings. The van der Waals surface area contributed by atoms with E-state index in [1.54, 1.807) is 6.07 Å². The van der Waals surface area contributed by atoms with Gasteiger partial charge >= 0.3 is 5.97 Å². The zero-order valence-corrected chi connectivity index (χ0v) is 14.3. The molecule has 0 unspecified atom stereocenters. The number of fused-ring (bicyclic) bond motifs is 1. The fourth-order valence-corrected chi connectivity index (χ4v) is 3.38. The van der Waals surface area contributed by atoms with Crippen molar-refractivity contribution in [2.75, 3.05) is 11.9 Å². The minimum atomic E-state index is -0.480. The van der Waals surface area contributed by atoms with E-state index >= 15 is 0 Å². The average molecular weight is 339 g/mol. The number of rotatable bonds is 4. The van der Waals surface area contributed by atoms with Crippen LogP contribution in [0.5, 0.6) is 0 Å². The zero-order chi connectivity index (χ0) is 17.1. The zero-order valence-electron chi connectivity index (χ0n) is 13.5. The molecular formula is C19H17NO3S. The van der Waals surface area contributed by atoms with E-state index in [1.807, 2.05) is 56.3 Å². The van der Waals surface area contributed by atoms with Crippen molar-refractivity contribution in [2.24, 2.45) is 0 Å². The summed E-state index contributed by atoms with van der Waals surface area (Å²) >= 11 is 1.36. The van der Waals surface area contributed by atoms with Crippen LogP contribution < -0.4 is 5.32 Å². The van der Waals surface area contributed by atoms with Crippen molar-refractivity contribution >= 4 is 39.0 Å². The molecule has 3 rings (SSSR count). The third-order valence-corrected chi connectivity index (χ3v) is 4.71. The van der Waals surface area contributed by atoms with Gasteiger partial charge in [-0.1, -0.05) is 35.9 Å². The Kier molecular flexibility index (Phi) is 4.62. The van der Waals surface area contributed by atoms with Crippen molar-refractivity contribution in [3.05, 3.63) is 64.5 Å². The first kappa shape index (κ1) is 16.2. The van der Waals surface area contributed by atoms with E-state index in [0.29, 0.717) is 4.88 Å². The Labute approximate surface area is 144 Å². The normalized spacial score (nSPS) is 10.6. The highest BCUT2D eigenvalue weighted by molar-refractivity contribution is 7.20. The van der Waals surface area contributed by atoms with Crippen LogP contribution in [0.1, 0.15) is 20.8 Å². The molecular weight excluding hydrogens is 322 g/mol. The van der Waals surface area contributed by atoms with Crippen molar-refractivity contribution < 1.29 is 14.3 Å². The van der Waals surface area contributed by atoms with Crippen LogP contribution in [-0.2, 0) is 9.53 Å². The highest BCUT2D eigenvalue weighted by Gasteiger charge is 2.14. The third-order valence-electron chi connectivity index (χ3n) is 3.62. The number of nitrogens with one attached hydrogen (secondary N) is 1. The van der Waals surface area contributed by atoms with Crippen molar-refractivity contribution in [3.63, 3.8) is 0 Å². The van der Waals surface area contributed by atoms with E-state index in [2.05, 4.69) is 5.32 Å². The molecule has 0 bridgehead atoms. The van der Waals surface area contributed by atoms with Crippen LogP contribution in [0, 0.1) is 13.8 Å². The minimum Gasteiger partial charge on any atom is -0.451 e. The van der Waals surface area contributed by atoms with Gasteiger partial charge in [0.15, 0.2) is 6.61 Å². The first-order chi connectivity index (χ1) is 11.5. The van der Waals surface area contributed by atoms with E-state index in [4.69, 9.17) is 4.74 Å². The molecule has 0 radical (unpaired) electrons. The molecule has 0 aliphatic carbocycles. The Hall–Kier alpha value is -2.66. The smallest absolute Gasteiger partial charge is 0.348 e. The Morgan fingerprint density at radius 3 is 2.62 bits per heavy atom. The predicted molar refractivity (Wildman–Crippen MR) is 96.7 cm³/mol. The van der Waals surface area contributed by atoms with Crippen molar-refractivity contribution in [3.8, 4) is 0 Å². The third kappa shape index (κ3) is 3.63. The van der Waals surface area contributed by atoms with Crippen LogP contribution in [0.25, 0.3) is 10.1 Å². The second-order valence-corrected chi connectivity index (χ2v) is 6.67. The lowest BCUT2D eigenvalue weighted by Crippen LogP contribution is -2.21. The number of aryl methyl sites for hydroxylation is 2. The summed E-state index contributed by atoms with van der Waals surface area (Å²) in [7, 11) is 0. The van der Waals surface area contributed by atoms with Gasteiger partial charge in [-0.25, -0.2) is 4.79 Å². The van der Waals surface area contributed by atoms with Gasteiger partial charge in [-0.15, -0.1) is 11.3 Å². The fraction of sp³-hybridized carbons (Fsp3) is 0.158. The van der Waals surface area contributed by atoms with Gasteiger partial charge in [0.1, 0.15) is 4.88 Å². The summed E-state index contributed by atoms with van der Waals surface area (Å²) in [5.74, 6) is -0.830. The number of esters is 1. The maximum absolute atomic E-state index is 12.1. The van der Waals surface area contributed by atoms with Gasteiger partial charge in [0.05, 0.1) is 0 Å². The lowest BCUT2D eigenvalue weighted by atomic mass is 10.1. The Morgan fingerprint density at radius 1 is 1.08 bits per heavy atom. The largest absolute Gasteiger partial charge is 0.451 e. The summed E-state index contributed by atoms with van der Waals surface area (Å²) in [6.07, 6.45) is 0. The number of anilines is 1. The number of hydrogen-bond acceptors (Lipinski definition) is 4. The molecule has 3 aromatic rings. The van der Waals surface area contributed by atoms with E-state index in [0.717, 1.165) is 26.9 Å². The van der Waals surface area contributed by atoms with E-state index in [9.17, 15) is 9.59 Å². The molecule has 24 heavy (non-hydrogen) atoms. The number of carbonyl (C=O) groups is 2. The second kappa shape index (κ2) is 6.84. The topological polar surface area (TPSA) is 55.4 Å². The lowest BCUT2D eigenvalue weighted by molar-refractivity contribution is -0.119. The first-order valence-corrected chi connectivity index (χ1v) is 8.37. The molecule has 1 heterocycles. The lowest BCUT2D eigenvalue weighted by Gasteiger charge is -2.09. The van der Waals surface area contributed by atoms with Gasteiger partial charge in [-0.3, -0.25) is 4.79 Å². The van der Waals surface area contributed by atoms with Crippen LogP contribution in [0.4, 0.5) is 5.69 Å². The Bertz CT molecular complexity index is 881. The number of benzene rings is 2. The van der Waals surface area contributed by atoms with Gasteiger partial charge in [-0.05, 0) is 43.0 Å². The van der Waals surface area contributed by atoms with E-state index in [-0.39, 0.29) is 12.5 Å². The van der Waals surface area contributed by atoms with Crippen LogP contribution in [0.3, 0.4) is 0 Å². The molecule has 1 aromatic heterocycles. The van der Waals surface area contributed by atoms with Crippen molar-refractivity contribution in [1.29, 1.82) is 0 Å². The summed E-state index contributed by atoms with van der Waals surface area (Å²) in [6, 6.07) is 15.3. The standard InChI is InChI=1S/C19H17NO3S/c1-12-7-8-15(13(2)9-12)20-18(21)11-23-19(22)17-10-14-5-3-4-6-16(14)24-17/h3-10H,11H2,1-2H3,(H,20,21). The van der Waals surface area contributed by atoms with Gasteiger partial charge in [-0.2, -0.15) is 0 Å². The van der Waals surface area contributed by atoms with Gasteiger partial charge in [0.2, 0.25) is 0 Å². The maximum Gasteiger partial charge on any atom is 0.348 e. The molecule has 0 saturated carbocycles. The minimum absolute atomic E-state index is 0.305. The summed E-state index contributed by atoms with van der Waals surface area (Å²) in [6.45, 7) is 3.61. The number of carbonyl (C=O) groups excluding carboxylic acids is 2. The summed E-state index contributed by atoms with van der Waals surface area (Å²) in [5, 5.41) is 3.75. The summed E-state index contributed by atoms with van der Waals surface area (Å²) in [4.78, 5) is 24.6. The van der Waals surface area contributed by atoms with E-state index < -0.39 is 5.97 Å². The molecule has 0 spiro atoms. The molecule has 1 N–H and O–H groups in total. The van der Waals surface area contributed by atoms with Crippen molar-refractivity contribution in [2.45, 2.75) is 13.8 Å². The summed E-state index contributed by atoms with van der Waals surface area (Å²) < 4.78 is 6.13. The number of amides is 1. The van der Waals surface area contributed by atoms with E-state index in [1.165, 1.54) is 11.3 Å². The fourth-order valence-electron chi connectivity index (χ4n) is 2.42.